The number of hydrogen-bond acceptors (Lipinski definition) is 4. The summed E-state index contributed by atoms with van der Waals surface area (Å²) < 4.78 is 26.7. The van der Waals surface area contributed by atoms with Gasteiger partial charge in [-0.25, -0.2) is 0 Å². The standard InChI is InChI=1S/C21H28N4O4S/c1-6-15(2)22-21(27)18-9-7-8-10-19(18)23-20(26)16-11-13-17(14-12-16)25(5)30(28,29)24(3)4/h7-15H,6H2,1-5H3,(H,22,27)(H,23,26)/t15-/m0/s1. The predicted octanol–water partition coefficient (Wildman–Crippen LogP) is 2.71. The maximum atomic E-state index is 12.7. The van der Waals surface area contributed by atoms with Crippen LogP contribution in [0.25, 0.3) is 0 Å². The van der Waals surface area contributed by atoms with Crippen LogP contribution < -0.4 is 14.9 Å². The van der Waals surface area contributed by atoms with E-state index >= 15 is 0 Å². The van der Waals surface area contributed by atoms with Gasteiger partial charge in [0.25, 0.3) is 11.8 Å². The van der Waals surface area contributed by atoms with Crippen LogP contribution in [-0.4, -0.2) is 51.7 Å². The normalized spacial score (nSPS) is 12.3. The highest BCUT2D eigenvalue weighted by Gasteiger charge is 2.21. The van der Waals surface area contributed by atoms with Crippen molar-refractivity contribution in [2.45, 2.75) is 26.3 Å². The largest absolute Gasteiger partial charge is 0.350 e. The lowest BCUT2D eigenvalue weighted by Gasteiger charge is -2.23. The lowest BCUT2D eigenvalue weighted by Crippen LogP contribution is -2.37. The molecule has 2 aromatic rings. The van der Waals surface area contributed by atoms with E-state index < -0.39 is 16.1 Å². The molecule has 2 aromatic carbocycles. The second-order valence-electron chi connectivity index (χ2n) is 7.09. The highest BCUT2D eigenvalue weighted by Crippen LogP contribution is 2.20. The fraction of sp³-hybridized carbons (Fsp3) is 0.333. The number of amides is 2. The molecule has 8 nitrogen and oxygen atoms in total. The fourth-order valence-electron chi connectivity index (χ4n) is 2.59. The first-order valence-corrected chi connectivity index (χ1v) is 10.9. The van der Waals surface area contributed by atoms with Crippen molar-refractivity contribution in [3.8, 4) is 0 Å². The zero-order valence-corrected chi connectivity index (χ0v) is 18.7. The lowest BCUT2D eigenvalue weighted by atomic mass is 10.1. The van der Waals surface area contributed by atoms with Gasteiger partial charge in [-0.3, -0.25) is 13.9 Å². The van der Waals surface area contributed by atoms with Gasteiger partial charge in [0.2, 0.25) is 0 Å². The predicted molar refractivity (Wildman–Crippen MR) is 119 cm³/mol. The minimum atomic E-state index is -3.62. The lowest BCUT2D eigenvalue weighted by molar-refractivity contribution is 0.0940. The SMILES string of the molecule is CC[C@H](C)NC(=O)c1ccccc1NC(=O)c1ccc(N(C)S(=O)(=O)N(C)C)cc1. The quantitative estimate of drug-likeness (QED) is 0.670. The van der Waals surface area contributed by atoms with E-state index in [0.717, 1.165) is 15.0 Å². The minimum Gasteiger partial charge on any atom is -0.350 e. The number of hydrogen-bond donors (Lipinski definition) is 2. The van der Waals surface area contributed by atoms with Crippen LogP contribution >= 0.6 is 0 Å². The fourth-order valence-corrected chi connectivity index (χ4v) is 3.47. The van der Waals surface area contributed by atoms with Crippen LogP contribution in [0.2, 0.25) is 0 Å². The summed E-state index contributed by atoms with van der Waals surface area (Å²) in [5, 5.41) is 5.64. The van der Waals surface area contributed by atoms with Gasteiger partial charge in [0.15, 0.2) is 0 Å². The van der Waals surface area contributed by atoms with Gasteiger partial charge in [-0.15, -0.1) is 0 Å². The highest BCUT2D eigenvalue weighted by molar-refractivity contribution is 7.90. The summed E-state index contributed by atoms with van der Waals surface area (Å²) in [4.78, 5) is 25.2. The summed E-state index contributed by atoms with van der Waals surface area (Å²) in [7, 11) is 0.718. The molecule has 0 spiro atoms. The molecule has 162 valence electrons. The molecule has 0 saturated carbocycles. The van der Waals surface area contributed by atoms with E-state index in [-0.39, 0.29) is 11.9 Å². The molecule has 0 saturated heterocycles. The smallest absolute Gasteiger partial charge is 0.303 e. The van der Waals surface area contributed by atoms with Crippen LogP contribution in [0.4, 0.5) is 11.4 Å². The maximum Gasteiger partial charge on any atom is 0.303 e. The second-order valence-corrected chi connectivity index (χ2v) is 9.26. The van der Waals surface area contributed by atoms with Crippen molar-refractivity contribution in [2.24, 2.45) is 0 Å². The Bertz CT molecular complexity index is 1000. The molecular formula is C21H28N4O4S. The average Bonchev–Trinajstić information content (AvgIpc) is 2.73. The van der Waals surface area contributed by atoms with Gasteiger partial charge in [0.05, 0.1) is 16.9 Å². The van der Waals surface area contributed by atoms with Gasteiger partial charge in [0.1, 0.15) is 0 Å². The Kier molecular flexibility index (Phi) is 7.58. The molecule has 0 fully saturated rings. The van der Waals surface area contributed by atoms with Gasteiger partial charge in [0, 0.05) is 32.7 Å². The monoisotopic (exact) mass is 432 g/mol. The first-order chi connectivity index (χ1) is 14.1. The average molecular weight is 433 g/mol. The molecule has 30 heavy (non-hydrogen) atoms. The number of carbonyl (C=O) groups excluding carboxylic acids is 2. The molecule has 0 aliphatic heterocycles. The van der Waals surface area contributed by atoms with Crippen LogP contribution in [0, 0.1) is 0 Å². The van der Waals surface area contributed by atoms with Gasteiger partial charge in [-0.05, 0) is 49.7 Å². The number of nitrogens with one attached hydrogen (secondary N) is 2. The summed E-state index contributed by atoms with van der Waals surface area (Å²) in [6.07, 6.45) is 0.796. The zero-order valence-electron chi connectivity index (χ0n) is 17.8. The molecule has 2 amide bonds. The summed E-state index contributed by atoms with van der Waals surface area (Å²) in [5.74, 6) is -0.658. The molecule has 0 radical (unpaired) electrons. The van der Waals surface area contributed by atoms with E-state index in [1.54, 1.807) is 36.4 Å². The Morgan fingerprint density at radius 2 is 1.57 bits per heavy atom. The first-order valence-electron chi connectivity index (χ1n) is 9.55. The maximum absolute atomic E-state index is 12.7. The van der Waals surface area contributed by atoms with Gasteiger partial charge < -0.3 is 10.6 Å². The molecule has 0 aromatic heterocycles. The first kappa shape index (κ1) is 23.4. The van der Waals surface area contributed by atoms with Crippen molar-refractivity contribution in [1.29, 1.82) is 0 Å². The van der Waals surface area contributed by atoms with Crippen LogP contribution in [-0.2, 0) is 10.2 Å². The van der Waals surface area contributed by atoms with Gasteiger partial charge >= 0.3 is 10.2 Å². The van der Waals surface area contributed by atoms with E-state index in [1.165, 1.54) is 33.3 Å². The molecule has 0 unspecified atom stereocenters. The second kappa shape index (κ2) is 9.73. The van der Waals surface area contributed by atoms with E-state index in [9.17, 15) is 18.0 Å². The van der Waals surface area contributed by atoms with Crippen molar-refractivity contribution in [2.75, 3.05) is 30.8 Å². The Balaban J connectivity index is 2.19. The number of carbonyl (C=O) groups is 2. The number of nitrogens with zero attached hydrogens (tertiary/aromatic N) is 2. The Morgan fingerprint density at radius 1 is 0.967 bits per heavy atom. The number of rotatable bonds is 8. The summed E-state index contributed by atoms with van der Waals surface area (Å²) in [5.41, 5.74) is 1.54. The van der Waals surface area contributed by atoms with Crippen molar-refractivity contribution < 1.29 is 18.0 Å². The number of para-hydroxylation sites is 1. The van der Waals surface area contributed by atoms with Crippen LogP contribution in [0.1, 0.15) is 41.0 Å². The number of anilines is 2. The molecule has 2 N–H and O–H groups in total. The summed E-state index contributed by atoms with van der Waals surface area (Å²) >= 11 is 0. The van der Waals surface area contributed by atoms with E-state index in [1.807, 2.05) is 13.8 Å². The molecule has 0 aliphatic carbocycles. The Labute approximate surface area is 178 Å². The molecule has 0 aliphatic rings. The summed E-state index contributed by atoms with van der Waals surface area (Å²) in [6, 6.07) is 13.0. The minimum absolute atomic E-state index is 0.0178. The van der Waals surface area contributed by atoms with E-state index in [0.29, 0.717) is 22.5 Å². The molecule has 2 rings (SSSR count). The zero-order chi connectivity index (χ0) is 22.5. The third-order valence-corrected chi connectivity index (χ3v) is 6.54. The van der Waals surface area contributed by atoms with E-state index in [2.05, 4.69) is 10.6 Å². The molecule has 0 heterocycles. The Morgan fingerprint density at radius 3 is 2.13 bits per heavy atom. The third-order valence-electron chi connectivity index (χ3n) is 4.71. The molecule has 9 heteroatoms. The van der Waals surface area contributed by atoms with Crippen LogP contribution in [0.15, 0.2) is 48.5 Å². The van der Waals surface area contributed by atoms with Crippen molar-refractivity contribution in [1.82, 2.24) is 9.62 Å². The molecular weight excluding hydrogens is 404 g/mol. The van der Waals surface area contributed by atoms with Crippen molar-refractivity contribution in [3.05, 3.63) is 59.7 Å². The molecule has 1 atom stereocenters. The molecule has 0 bridgehead atoms. The topological polar surface area (TPSA) is 98.8 Å². The van der Waals surface area contributed by atoms with Gasteiger partial charge in [-0.1, -0.05) is 19.1 Å². The number of benzene rings is 2. The Hall–Kier alpha value is -2.91. The summed E-state index contributed by atoms with van der Waals surface area (Å²) in [6.45, 7) is 3.89. The van der Waals surface area contributed by atoms with Crippen LogP contribution in [0.5, 0.6) is 0 Å². The van der Waals surface area contributed by atoms with E-state index in [4.69, 9.17) is 0 Å². The van der Waals surface area contributed by atoms with Crippen molar-refractivity contribution in [3.63, 3.8) is 0 Å². The highest BCUT2D eigenvalue weighted by atomic mass is 32.2. The van der Waals surface area contributed by atoms with Crippen LogP contribution in [0.3, 0.4) is 0 Å². The van der Waals surface area contributed by atoms with Gasteiger partial charge in [-0.2, -0.15) is 12.7 Å². The van der Waals surface area contributed by atoms with Crippen molar-refractivity contribution >= 4 is 33.4 Å². The third kappa shape index (κ3) is 5.37.